The number of rotatable bonds is 2. The average Bonchev–Trinajstić information content (AvgIpc) is 2.62. The number of β-amino-alcohol motifs (C(OH)–C–C–N with tert-alkyl or cyclic N) is 1. The van der Waals surface area contributed by atoms with Gasteiger partial charge in [0.25, 0.3) is 0 Å². The predicted octanol–water partition coefficient (Wildman–Crippen LogP) is -0.323. The highest BCUT2D eigenvalue weighted by Gasteiger charge is 2.31. The van der Waals surface area contributed by atoms with Gasteiger partial charge in [-0.2, -0.15) is 0 Å². The van der Waals surface area contributed by atoms with Crippen molar-refractivity contribution in [3.63, 3.8) is 0 Å². The van der Waals surface area contributed by atoms with E-state index in [2.05, 4.69) is 15.3 Å². The normalized spacial score (nSPS) is 29.4. The lowest BCUT2D eigenvalue weighted by atomic mass is 9.97. The second kappa shape index (κ2) is 2.88. The predicted molar refractivity (Wildman–Crippen MR) is 44.7 cm³/mol. The SMILES string of the molecule is OC1(Cc2cnc[nH]2)CCNC1. The number of nitrogens with one attached hydrogen (secondary N) is 2. The first-order valence-electron chi connectivity index (χ1n) is 4.19. The minimum atomic E-state index is -0.563. The van der Waals surface area contributed by atoms with Crippen molar-refractivity contribution >= 4 is 0 Å². The van der Waals surface area contributed by atoms with Gasteiger partial charge in [-0.1, -0.05) is 0 Å². The molecule has 1 saturated heterocycles. The van der Waals surface area contributed by atoms with Gasteiger partial charge in [0.1, 0.15) is 0 Å². The summed E-state index contributed by atoms with van der Waals surface area (Å²) in [6.07, 6.45) is 4.89. The van der Waals surface area contributed by atoms with Gasteiger partial charge in [0.15, 0.2) is 0 Å². The Labute approximate surface area is 71.0 Å². The number of imidazole rings is 1. The number of hydrogen-bond acceptors (Lipinski definition) is 3. The highest BCUT2D eigenvalue weighted by atomic mass is 16.3. The molecule has 0 amide bonds. The summed E-state index contributed by atoms with van der Waals surface area (Å²) < 4.78 is 0. The summed E-state index contributed by atoms with van der Waals surface area (Å²) in [7, 11) is 0. The zero-order valence-electron chi connectivity index (χ0n) is 6.88. The fourth-order valence-electron chi connectivity index (χ4n) is 1.62. The molecule has 0 bridgehead atoms. The largest absolute Gasteiger partial charge is 0.388 e. The minimum absolute atomic E-state index is 0.563. The van der Waals surface area contributed by atoms with E-state index >= 15 is 0 Å². The van der Waals surface area contributed by atoms with Gasteiger partial charge < -0.3 is 15.4 Å². The van der Waals surface area contributed by atoms with Crippen molar-refractivity contribution in [1.29, 1.82) is 0 Å². The smallest absolute Gasteiger partial charge is 0.0921 e. The number of H-pyrrole nitrogens is 1. The van der Waals surface area contributed by atoms with Crippen LogP contribution < -0.4 is 5.32 Å². The molecule has 12 heavy (non-hydrogen) atoms. The molecule has 0 aromatic carbocycles. The Morgan fingerprint density at radius 2 is 2.58 bits per heavy atom. The van der Waals surface area contributed by atoms with Crippen molar-refractivity contribution in [2.24, 2.45) is 0 Å². The van der Waals surface area contributed by atoms with Crippen molar-refractivity contribution in [3.8, 4) is 0 Å². The molecule has 1 unspecified atom stereocenters. The van der Waals surface area contributed by atoms with Crippen molar-refractivity contribution in [1.82, 2.24) is 15.3 Å². The molecule has 1 aromatic rings. The average molecular weight is 167 g/mol. The first-order chi connectivity index (χ1) is 5.79. The molecular weight excluding hydrogens is 154 g/mol. The molecule has 0 aliphatic carbocycles. The molecule has 1 aliphatic rings. The molecule has 0 saturated carbocycles. The molecule has 2 rings (SSSR count). The Bertz CT molecular complexity index is 239. The van der Waals surface area contributed by atoms with Crippen molar-refractivity contribution < 1.29 is 5.11 Å². The fourth-order valence-corrected chi connectivity index (χ4v) is 1.62. The lowest BCUT2D eigenvalue weighted by Crippen LogP contribution is -2.33. The third-order valence-electron chi connectivity index (χ3n) is 2.30. The molecule has 66 valence electrons. The Morgan fingerprint density at radius 1 is 1.67 bits per heavy atom. The summed E-state index contributed by atoms with van der Waals surface area (Å²) in [4.78, 5) is 6.90. The second-order valence-electron chi connectivity index (χ2n) is 3.40. The molecule has 1 fully saturated rings. The fraction of sp³-hybridized carbons (Fsp3) is 0.625. The van der Waals surface area contributed by atoms with E-state index < -0.39 is 5.60 Å². The monoisotopic (exact) mass is 167 g/mol. The van der Waals surface area contributed by atoms with Gasteiger partial charge in [0.2, 0.25) is 0 Å². The number of aliphatic hydroxyl groups is 1. The van der Waals surface area contributed by atoms with E-state index in [1.165, 1.54) is 0 Å². The van der Waals surface area contributed by atoms with Crippen LogP contribution in [0.15, 0.2) is 12.5 Å². The van der Waals surface area contributed by atoms with Crippen LogP contribution >= 0.6 is 0 Å². The highest BCUT2D eigenvalue weighted by molar-refractivity contribution is 5.03. The summed E-state index contributed by atoms with van der Waals surface area (Å²) in [5.41, 5.74) is 0.438. The van der Waals surface area contributed by atoms with E-state index in [0.717, 1.165) is 18.7 Å². The van der Waals surface area contributed by atoms with E-state index in [9.17, 15) is 5.11 Å². The third-order valence-corrected chi connectivity index (χ3v) is 2.30. The summed E-state index contributed by atoms with van der Waals surface area (Å²) in [6, 6.07) is 0. The van der Waals surface area contributed by atoms with Crippen molar-refractivity contribution in [3.05, 3.63) is 18.2 Å². The van der Waals surface area contributed by atoms with Gasteiger partial charge in [-0.25, -0.2) is 4.98 Å². The Hall–Kier alpha value is -0.870. The number of nitrogens with zero attached hydrogens (tertiary/aromatic N) is 1. The van der Waals surface area contributed by atoms with Gasteiger partial charge in [0.05, 0.1) is 11.9 Å². The van der Waals surface area contributed by atoms with Crippen LogP contribution in [0.25, 0.3) is 0 Å². The Kier molecular flexibility index (Phi) is 1.86. The van der Waals surface area contributed by atoms with Crippen LogP contribution in [0.1, 0.15) is 12.1 Å². The number of hydrogen-bond donors (Lipinski definition) is 3. The van der Waals surface area contributed by atoms with Gasteiger partial charge in [-0.3, -0.25) is 0 Å². The van der Waals surface area contributed by atoms with E-state index in [0.29, 0.717) is 13.0 Å². The van der Waals surface area contributed by atoms with E-state index in [-0.39, 0.29) is 0 Å². The quantitative estimate of drug-likeness (QED) is 0.565. The maximum atomic E-state index is 9.95. The molecule has 2 heterocycles. The number of aromatic amines is 1. The van der Waals surface area contributed by atoms with Crippen LogP contribution in [-0.4, -0.2) is 33.8 Å². The first-order valence-corrected chi connectivity index (χ1v) is 4.19. The van der Waals surface area contributed by atoms with Gasteiger partial charge in [0, 0.05) is 24.9 Å². The van der Waals surface area contributed by atoms with Gasteiger partial charge in [-0.05, 0) is 13.0 Å². The number of aromatic nitrogens is 2. The molecule has 1 aromatic heterocycles. The zero-order valence-corrected chi connectivity index (χ0v) is 6.88. The third kappa shape index (κ3) is 1.49. The van der Waals surface area contributed by atoms with Gasteiger partial charge in [-0.15, -0.1) is 0 Å². The van der Waals surface area contributed by atoms with E-state index in [1.54, 1.807) is 12.5 Å². The van der Waals surface area contributed by atoms with Crippen LogP contribution in [-0.2, 0) is 6.42 Å². The molecule has 4 heteroatoms. The summed E-state index contributed by atoms with van der Waals surface area (Å²) in [5, 5.41) is 13.1. The molecule has 1 atom stereocenters. The first kappa shape index (κ1) is 7.76. The van der Waals surface area contributed by atoms with Crippen LogP contribution in [0.5, 0.6) is 0 Å². The molecule has 4 nitrogen and oxygen atoms in total. The summed E-state index contributed by atoms with van der Waals surface area (Å²) >= 11 is 0. The maximum Gasteiger partial charge on any atom is 0.0921 e. The summed E-state index contributed by atoms with van der Waals surface area (Å²) in [6.45, 7) is 1.59. The maximum absolute atomic E-state index is 9.95. The van der Waals surface area contributed by atoms with Crippen molar-refractivity contribution in [2.75, 3.05) is 13.1 Å². The Morgan fingerprint density at radius 3 is 3.17 bits per heavy atom. The topological polar surface area (TPSA) is 60.9 Å². The minimum Gasteiger partial charge on any atom is -0.388 e. The van der Waals surface area contributed by atoms with E-state index in [4.69, 9.17) is 0 Å². The lowest BCUT2D eigenvalue weighted by Gasteiger charge is -2.19. The molecule has 0 spiro atoms. The van der Waals surface area contributed by atoms with Crippen molar-refractivity contribution in [2.45, 2.75) is 18.4 Å². The molecule has 3 N–H and O–H groups in total. The molecular formula is C8H13N3O. The highest BCUT2D eigenvalue weighted by Crippen LogP contribution is 2.18. The van der Waals surface area contributed by atoms with Crippen LogP contribution in [0, 0.1) is 0 Å². The van der Waals surface area contributed by atoms with E-state index in [1.807, 2.05) is 0 Å². The Balaban J connectivity index is 2.02. The summed E-state index contributed by atoms with van der Waals surface area (Å²) in [5.74, 6) is 0. The lowest BCUT2D eigenvalue weighted by molar-refractivity contribution is 0.0610. The van der Waals surface area contributed by atoms with Crippen LogP contribution in [0.3, 0.4) is 0 Å². The molecule has 0 radical (unpaired) electrons. The van der Waals surface area contributed by atoms with Crippen LogP contribution in [0.4, 0.5) is 0 Å². The standard InChI is InChI=1S/C8H13N3O/c12-8(1-2-9-5-8)3-7-4-10-6-11-7/h4,6,9,12H,1-3,5H2,(H,10,11). The second-order valence-corrected chi connectivity index (χ2v) is 3.40. The molecule has 1 aliphatic heterocycles. The van der Waals surface area contributed by atoms with Gasteiger partial charge >= 0.3 is 0 Å². The zero-order chi connectivity index (χ0) is 8.44. The van der Waals surface area contributed by atoms with Crippen LogP contribution in [0.2, 0.25) is 0 Å².